The van der Waals surface area contributed by atoms with E-state index in [9.17, 15) is 9.90 Å². The Morgan fingerprint density at radius 1 is 1.29 bits per heavy atom. The number of aromatic hydroxyl groups is 1. The molecule has 0 aliphatic rings. The number of benzene rings is 2. The van der Waals surface area contributed by atoms with E-state index in [-0.39, 0.29) is 11.4 Å². The van der Waals surface area contributed by atoms with Gasteiger partial charge in [-0.15, -0.1) is 5.11 Å². The number of azo groups is 1. The number of carbonyl (C=O) groups excluding carboxylic acids is 1. The Bertz CT molecular complexity index is 625. The third-order valence-electron chi connectivity index (χ3n) is 2.28. The summed E-state index contributed by atoms with van der Waals surface area (Å²) < 4.78 is 0. The molecule has 0 aliphatic heterocycles. The van der Waals surface area contributed by atoms with Crippen LogP contribution in [0, 0.1) is 0 Å². The molecule has 0 bridgehead atoms. The normalized spacial score (nSPS) is 11.1. The van der Waals surface area contributed by atoms with Gasteiger partial charge in [-0.25, -0.2) is 4.79 Å². The maximum Gasteiger partial charge on any atom is 0.356 e. The van der Waals surface area contributed by atoms with Crippen molar-refractivity contribution in [3.8, 4) is 5.75 Å². The zero-order valence-corrected chi connectivity index (χ0v) is 8.79. The summed E-state index contributed by atoms with van der Waals surface area (Å²) in [4.78, 5) is 10.5. The van der Waals surface area contributed by atoms with Crippen LogP contribution in [0.15, 0.2) is 40.6 Å². The van der Waals surface area contributed by atoms with Gasteiger partial charge in [0.15, 0.2) is 5.75 Å². The summed E-state index contributed by atoms with van der Waals surface area (Å²) in [5.74, 6) is -0.0835. The summed E-state index contributed by atoms with van der Waals surface area (Å²) >= 11 is 0. The molecule has 0 aromatic heterocycles. The monoisotopic (exact) mass is 225 g/mol. The van der Waals surface area contributed by atoms with Crippen LogP contribution in [0.4, 0.5) is 10.5 Å². The van der Waals surface area contributed by atoms with Crippen molar-refractivity contribution in [3.05, 3.63) is 30.3 Å². The highest BCUT2D eigenvalue weighted by Gasteiger charge is 2.08. The van der Waals surface area contributed by atoms with Gasteiger partial charge < -0.3 is 10.8 Å². The molecule has 5 nitrogen and oxygen atoms in total. The summed E-state index contributed by atoms with van der Waals surface area (Å²) in [5, 5.41) is 17.9. The molecule has 3 N–H and O–H groups in total. The Kier molecular flexibility index (Phi) is 2.78. The first-order valence-electron chi connectivity index (χ1n) is 4.81. The van der Waals surface area contributed by atoms with Gasteiger partial charge in [0.1, 0.15) is 13.5 Å². The first-order valence-corrected chi connectivity index (χ1v) is 4.81. The van der Waals surface area contributed by atoms with E-state index in [1.165, 1.54) is 6.07 Å². The summed E-state index contributed by atoms with van der Waals surface area (Å²) in [7, 11) is 5.80. The lowest BCUT2D eigenvalue weighted by molar-refractivity contribution is 0.255. The highest BCUT2D eigenvalue weighted by Crippen LogP contribution is 2.33. The predicted octanol–water partition coefficient (Wildman–Crippen LogP) is 1.50. The van der Waals surface area contributed by atoms with Crippen LogP contribution < -0.4 is 11.2 Å². The van der Waals surface area contributed by atoms with Crippen LogP contribution in [0.25, 0.3) is 10.8 Å². The van der Waals surface area contributed by atoms with Crippen LogP contribution in [0.3, 0.4) is 0 Å². The van der Waals surface area contributed by atoms with Crippen LogP contribution in [0.1, 0.15) is 0 Å². The number of amides is 2. The average molecular weight is 225 g/mol. The average Bonchev–Trinajstić information content (AvgIpc) is 2.32. The fourth-order valence-corrected chi connectivity index (χ4v) is 1.55. The number of nitrogens with two attached hydrogens (primary N) is 1. The van der Waals surface area contributed by atoms with Crippen molar-refractivity contribution in [3.63, 3.8) is 0 Å². The molecule has 6 heteroatoms. The molecule has 0 aliphatic carbocycles. The molecule has 0 unspecified atom stereocenters. The molecule has 2 amide bonds. The highest BCUT2D eigenvalue weighted by atomic mass is 16.3. The van der Waals surface area contributed by atoms with E-state index < -0.39 is 6.03 Å². The topological polar surface area (TPSA) is 88.0 Å². The van der Waals surface area contributed by atoms with E-state index in [1.54, 1.807) is 18.2 Å². The molecule has 2 radical (unpaired) electrons. The number of fused-ring (bicyclic) bond motifs is 1. The zero-order chi connectivity index (χ0) is 12.4. The third-order valence-corrected chi connectivity index (χ3v) is 2.28. The molecular weight excluding hydrogens is 217 g/mol. The summed E-state index contributed by atoms with van der Waals surface area (Å²) in [6.07, 6.45) is 0. The molecule has 17 heavy (non-hydrogen) atoms. The third kappa shape index (κ3) is 2.10. The SMILES string of the molecule is [B]c1cc(N=NC(N)=O)c(O)c2ccccc12. The van der Waals surface area contributed by atoms with Crippen molar-refractivity contribution in [2.75, 3.05) is 0 Å². The number of primary amides is 1. The number of carbonyl (C=O) groups is 1. The van der Waals surface area contributed by atoms with Gasteiger partial charge in [0.2, 0.25) is 0 Å². The molecule has 0 fully saturated rings. The van der Waals surface area contributed by atoms with Crippen molar-refractivity contribution in [2.45, 2.75) is 0 Å². The van der Waals surface area contributed by atoms with Gasteiger partial charge in [-0.3, -0.25) is 0 Å². The van der Waals surface area contributed by atoms with Crippen molar-refractivity contribution >= 4 is 35.8 Å². The van der Waals surface area contributed by atoms with Crippen molar-refractivity contribution in [2.24, 2.45) is 16.0 Å². The number of urea groups is 1. The fraction of sp³-hybridized carbons (Fsp3) is 0. The largest absolute Gasteiger partial charge is 0.505 e. The van der Waals surface area contributed by atoms with E-state index in [4.69, 9.17) is 13.6 Å². The Morgan fingerprint density at radius 2 is 1.94 bits per heavy atom. The minimum atomic E-state index is -0.934. The second kappa shape index (κ2) is 4.25. The quantitative estimate of drug-likeness (QED) is 0.568. The molecule has 2 aromatic rings. The molecule has 0 saturated heterocycles. The second-order valence-corrected chi connectivity index (χ2v) is 3.42. The van der Waals surface area contributed by atoms with Gasteiger partial charge in [0, 0.05) is 5.39 Å². The smallest absolute Gasteiger partial charge is 0.356 e. The van der Waals surface area contributed by atoms with Crippen LogP contribution in [-0.4, -0.2) is 19.0 Å². The number of phenolic OH excluding ortho intramolecular Hbond substituents is 1. The van der Waals surface area contributed by atoms with Gasteiger partial charge >= 0.3 is 6.03 Å². The molecule has 0 heterocycles. The maximum atomic E-state index is 10.5. The number of rotatable bonds is 1. The van der Waals surface area contributed by atoms with E-state index in [0.29, 0.717) is 16.2 Å². The molecule has 0 spiro atoms. The maximum absolute atomic E-state index is 10.5. The number of phenols is 1. The Balaban J connectivity index is 2.67. The minimum Gasteiger partial charge on any atom is -0.505 e. The van der Waals surface area contributed by atoms with E-state index in [1.807, 2.05) is 6.07 Å². The molecule has 2 rings (SSSR count). The van der Waals surface area contributed by atoms with Crippen LogP contribution in [-0.2, 0) is 0 Å². The molecule has 2 aromatic carbocycles. The fourth-order valence-electron chi connectivity index (χ4n) is 1.55. The molecule has 0 atom stereocenters. The summed E-state index contributed by atoms with van der Waals surface area (Å²) in [5.41, 5.74) is 5.38. The second-order valence-electron chi connectivity index (χ2n) is 3.42. The van der Waals surface area contributed by atoms with Gasteiger partial charge in [-0.1, -0.05) is 34.8 Å². The van der Waals surface area contributed by atoms with E-state index in [2.05, 4.69) is 10.2 Å². The summed E-state index contributed by atoms with van der Waals surface area (Å²) in [6.45, 7) is 0. The van der Waals surface area contributed by atoms with E-state index in [0.717, 1.165) is 0 Å². The lowest BCUT2D eigenvalue weighted by Crippen LogP contribution is -2.04. The highest BCUT2D eigenvalue weighted by molar-refractivity contribution is 6.39. The lowest BCUT2D eigenvalue weighted by atomic mass is 9.89. The van der Waals surface area contributed by atoms with Crippen LogP contribution in [0.5, 0.6) is 5.75 Å². The zero-order valence-electron chi connectivity index (χ0n) is 8.79. The van der Waals surface area contributed by atoms with Gasteiger partial charge in [0.05, 0.1) is 0 Å². The Morgan fingerprint density at radius 3 is 2.59 bits per heavy atom. The van der Waals surface area contributed by atoms with Crippen molar-refractivity contribution in [1.29, 1.82) is 0 Å². The Hall–Kier alpha value is -2.37. The minimum absolute atomic E-state index is 0.0835. The number of hydrogen-bond donors (Lipinski definition) is 2. The Labute approximate surface area is 98.4 Å². The first kappa shape index (κ1) is 11.1. The molecular formula is C11H8BN3O2. The van der Waals surface area contributed by atoms with Gasteiger partial charge in [-0.05, 0) is 11.5 Å². The van der Waals surface area contributed by atoms with E-state index >= 15 is 0 Å². The van der Waals surface area contributed by atoms with Gasteiger partial charge in [-0.2, -0.15) is 0 Å². The standard InChI is InChI=1S/C11H8BN3O2/c12-8-5-9(14-15-11(13)17)10(16)7-4-2-1-3-6(7)8/h1-5,16H,(H2,13,17). The number of hydrogen-bond acceptors (Lipinski definition) is 3. The van der Waals surface area contributed by atoms with Crippen molar-refractivity contribution < 1.29 is 9.90 Å². The van der Waals surface area contributed by atoms with Crippen molar-refractivity contribution in [1.82, 2.24) is 0 Å². The lowest BCUT2D eigenvalue weighted by Gasteiger charge is -2.06. The first-order chi connectivity index (χ1) is 8.09. The molecule has 82 valence electrons. The van der Waals surface area contributed by atoms with Crippen LogP contribution >= 0.6 is 0 Å². The molecule has 0 saturated carbocycles. The number of nitrogens with zero attached hydrogens (tertiary/aromatic N) is 2. The summed E-state index contributed by atoms with van der Waals surface area (Å²) in [6, 6.07) is 7.55. The predicted molar refractivity (Wildman–Crippen MR) is 65.1 cm³/mol. The van der Waals surface area contributed by atoms with Gasteiger partial charge in [0.25, 0.3) is 0 Å². The van der Waals surface area contributed by atoms with Crippen LogP contribution in [0.2, 0.25) is 0 Å².